The van der Waals surface area contributed by atoms with Gasteiger partial charge in [-0.1, -0.05) is 19.8 Å². The van der Waals surface area contributed by atoms with Gasteiger partial charge in [0.2, 0.25) is 0 Å². The van der Waals surface area contributed by atoms with E-state index in [1.165, 1.54) is 0 Å². The van der Waals surface area contributed by atoms with Gasteiger partial charge in [-0.05, 0) is 34.5 Å². The van der Waals surface area contributed by atoms with Gasteiger partial charge < -0.3 is 14.8 Å². The summed E-state index contributed by atoms with van der Waals surface area (Å²) in [7, 11) is 3.11. The zero-order valence-electron chi connectivity index (χ0n) is 11.6. The van der Waals surface area contributed by atoms with Crippen LogP contribution in [0.2, 0.25) is 0 Å². The Labute approximate surface area is 122 Å². The number of carbonyl (C=O) groups is 1. The third-order valence-corrected chi connectivity index (χ3v) is 3.36. The number of unbranched alkanes of at least 4 members (excludes halogenated alkanes) is 2. The number of nitrogens with one attached hydrogen (secondary N) is 1. The van der Waals surface area contributed by atoms with Crippen LogP contribution in [0.15, 0.2) is 16.6 Å². The zero-order chi connectivity index (χ0) is 14.3. The molecule has 0 radical (unpaired) electrons. The molecule has 106 valence electrons. The lowest BCUT2D eigenvalue weighted by Gasteiger charge is -2.12. The molecule has 0 aliphatic carbocycles. The van der Waals surface area contributed by atoms with Crippen LogP contribution < -0.4 is 14.8 Å². The van der Waals surface area contributed by atoms with Crippen LogP contribution in [-0.2, 0) is 0 Å². The van der Waals surface area contributed by atoms with Gasteiger partial charge in [0.15, 0.2) is 0 Å². The topological polar surface area (TPSA) is 47.6 Å². The van der Waals surface area contributed by atoms with Gasteiger partial charge in [0.25, 0.3) is 5.91 Å². The SMILES string of the molecule is CCCCCNC(=O)c1cc(OC)cc(Br)c1OC. The smallest absolute Gasteiger partial charge is 0.255 e. The first-order valence-electron chi connectivity index (χ1n) is 6.33. The molecule has 0 saturated heterocycles. The monoisotopic (exact) mass is 329 g/mol. The maximum absolute atomic E-state index is 12.1. The molecular formula is C14H20BrNO3. The van der Waals surface area contributed by atoms with Crippen molar-refractivity contribution in [1.29, 1.82) is 0 Å². The molecular weight excluding hydrogens is 310 g/mol. The van der Waals surface area contributed by atoms with Crippen molar-refractivity contribution in [3.63, 3.8) is 0 Å². The minimum Gasteiger partial charge on any atom is -0.497 e. The van der Waals surface area contributed by atoms with Crippen LogP contribution >= 0.6 is 15.9 Å². The minimum atomic E-state index is -0.146. The van der Waals surface area contributed by atoms with E-state index in [9.17, 15) is 4.79 Å². The van der Waals surface area contributed by atoms with Crippen molar-refractivity contribution >= 4 is 21.8 Å². The molecule has 1 aromatic carbocycles. The fourth-order valence-corrected chi connectivity index (χ4v) is 2.34. The van der Waals surface area contributed by atoms with Gasteiger partial charge in [-0.2, -0.15) is 0 Å². The molecule has 0 saturated carbocycles. The Morgan fingerprint density at radius 1 is 1.26 bits per heavy atom. The van der Waals surface area contributed by atoms with Crippen LogP contribution in [0.4, 0.5) is 0 Å². The van der Waals surface area contributed by atoms with Crippen LogP contribution in [0.3, 0.4) is 0 Å². The predicted octanol–water partition coefficient (Wildman–Crippen LogP) is 3.39. The van der Waals surface area contributed by atoms with Crippen molar-refractivity contribution in [3.05, 3.63) is 22.2 Å². The Morgan fingerprint density at radius 3 is 2.58 bits per heavy atom. The maximum atomic E-state index is 12.1. The second-order valence-corrected chi connectivity index (χ2v) is 5.01. The van der Waals surface area contributed by atoms with Gasteiger partial charge >= 0.3 is 0 Å². The summed E-state index contributed by atoms with van der Waals surface area (Å²) in [6.45, 7) is 2.80. The van der Waals surface area contributed by atoms with Crippen molar-refractivity contribution in [2.24, 2.45) is 0 Å². The molecule has 1 N–H and O–H groups in total. The van der Waals surface area contributed by atoms with E-state index in [1.807, 2.05) is 0 Å². The highest BCUT2D eigenvalue weighted by molar-refractivity contribution is 9.10. The molecule has 5 heteroatoms. The molecule has 1 amide bonds. The Hall–Kier alpha value is -1.23. The summed E-state index contributed by atoms with van der Waals surface area (Å²) in [5.74, 6) is 0.993. The Balaban J connectivity index is 2.85. The average Bonchev–Trinajstić information content (AvgIpc) is 2.42. The van der Waals surface area contributed by atoms with Gasteiger partial charge in [0.05, 0.1) is 24.3 Å². The van der Waals surface area contributed by atoms with Crippen LogP contribution in [0, 0.1) is 0 Å². The van der Waals surface area contributed by atoms with Crippen molar-refractivity contribution < 1.29 is 14.3 Å². The first-order valence-corrected chi connectivity index (χ1v) is 7.13. The Bertz CT molecular complexity index is 435. The summed E-state index contributed by atoms with van der Waals surface area (Å²) in [5, 5.41) is 2.89. The summed E-state index contributed by atoms with van der Waals surface area (Å²) >= 11 is 3.38. The van der Waals surface area contributed by atoms with Gasteiger partial charge in [-0.15, -0.1) is 0 Å². The van der Waals surface area contributed by atoms with E-state index in [0.29, 0.717) is 28.1 Å². The molecule has 0 bridgehead atoms. The van der Waals surface area contributed by atoms with E-state index in [-0.39, 0.29) is 5.91 Å². The predicted molar refractivity (Wildman–Crippen MR) is 79.1 cm³/mol. The summed E-state index contributed by atoms with van der Waals surface area (Å²) in [6, 6.07) is 3.45. The summed E-state index contributed by atoms with van der Waals surface area (Å²) in [4.78, 5) is 12.1. The molecule has 1 rings (SSSR count). The van der Waals surface area contributed by atoms with Crippen LogP contribution in [0.25, 0.3) is 0 Å². The van der Waals surface area contributed by atoms with Crippen LogP contribution in [-0.4, -0.2) is 26.7 Å². The van der Waals surface area contributed by atoms with E-state index in [4.69, 9.17) is 9.47 Å². The lowest BCUT2D eigenvalue weighted by molar-refractivity contribution is 0.0949. The molecule has 4 nitrogen and oxygen atoms in total. The second kappa shape index (κ2) is 8.04. The first kappa shape index (κ1) is 15.8. The molecule has 0 fully saturated rings. The summed E-state index contributed by atoms with van der Waals surface area (Å²) in [5.41, 5.74) is 0.477. The van der Waals surface area contributed by atoms with Crippen molar-refractivity contribution in [3.8, 4) is 11.5 Å². The molecule has 0 heterocycles. The fraction of sp³-hybridized carbons (Fsp3) is 0.500. The number of rotatable bonds is 7. The number of amides is 1. The Kier molecular flexibility index (Phi) is 6.70. The van der Waals surface area contributed by atoms with Gasteiger partial charge in [0.1, 0.15) is 11.5 Å². The number of ether oxygens (including phenoxy) is 2. The number of methoxy groups -OCH3 is 2. The van der Waals surface area contributed by atoms with E-state index >= 15 is 0 Å². The van der Waals surface area contributed by atoms with E-state index in [1.54, 1.807) is 26.4 Å². The standard InChI is InChI=1S/C14H20BrNO3/c1-4-5-6-7-16-14(17)11-8-10(18-2)9-12(15)13(11)19-3/h8-9H,4-7H2,1-3H3,(H,16,17). The lowest BCUT2D eigenvalue weighted by atomic mass is 10.1. The van der Waals surface area contributed by atoms with E-state index < -0.39 is 0 Å². The van der Waals surface area contributed by atoms with Gasteiger partial charge in [0, 0.05) is 6.54 Å². The van der Waals surface area contributed by atoms with Crippen LogP contribution in [0.1, 0.15) is 36.5 Å². The lowest BCUT2D eigenvalue weighted by Crippen LogP contribution is -2.25. The maximum Gasteiger partial charge on any atom is 0.255 e. The number of hydrogen-bond donors (Lipinski definition) is 1. The Morgan fingerprint density at radius 2 is 2.00 bits per heavy atom. The molecule has 0 atom stereocenters. The fourth-order valence-electron chi connectivity index (χ4n) is 1.73. The highest BCUT2D eigenvalue weighted by Crippen LogP contribution is 2.33. The first-order chi connectivity index (χ1) is 9.13. The quantitative estimate of drug-likeness (QED) is 0.780. The molecule has 0 unspecified atom stereocenters. The normalized spacial score (nSPS) is 10.1. The highest BCUT2D eigenvalue weighted by atomic mass is 79.9. The number of halogens is 1. The summed E-state index contributed by atoms with van der Waals surface area (Å²) < 4.78 is 11.1. The molecule has 0 aliphatic heterocycles. The summed E-state index contributed by atoms with van der Waals surface area (Å²) in [6.07, 6.45) is 3.22. The average molecular weight is 330 g/mol. The van der Waals surface area contributed by atoms with Crippen molar-refractivity contribution in [1.82, 2.24) is 5.32 Å². The van der Waals surface area contributed by atoms with Crippen LogP contribution in [0.5, 0.6) is 11.5 Å². The molecule has 0 aliphatic rings. The number of benzene rings is 1. The zero-order valence-corrected chi connectivity index (χ0v) is 13.2. The molecule has 19 heavy (non-hydrogen) atoms. The molecule has 0 aromatic heterocycles. The number of carbonyl (C=O) groups excluding carboxylic acids is 1. The minimum absolute atomic E-state index is 0.146. The molecule has 1 aromatic rings. The third kappa shape index (κ3) is 4.42. The van der Waals surface area contributed by atoms with Gasteiger partial charge in [-0.25, -0.2) is 0 Å². The van der Waals surface area contributed by atoms with E-state index in [0.717, 1.165) is 19.3 Å². The van der Waals surface area contributed by atoms with Crippen molar-refractivity contribution in [2.75, 3.05) is 20.8 Å². The second-order valence-electron chi connectivity index (χ2n) is 4.15. The highest BCUT2D eigenvalue weighted by Gasteiger charge is 2.16. The van der Waals surface area contributed by atoms with Crippen molar-refractivity contribution in [2.45, 2.75) is 26.2 Å². The molecule has 0 spiro atoms. The van der Waals surface area contributed by atoms with E-state index in [2.05, 4.69) is 28.2 Å². The van der Waals surface area contributed by atoms with Gasteiger partial charge in [-0.3, -0.25) is 4.79 Å². The largest absolute Gasteiger partial charge is 0.497 e. The number of hydrogen-bond acceptors (Lipinski definition) is 3. The third-order valence-electron chi connectivity index (χ3n) is 2.77.